The van der Waals surface area contributed by atoms with E-state index in [1.165, 1.54) is 49.0 Å². The van der Waals surface area contributed by atoms with E-state index in [4.69, 9.17) is 0 Å². The van der Waals surface area contributed by atoms with Crippen LogP contribution in [0.25, 0.3) is 0 Å². The first kappa shape index (κ1) is 12.8. The zero-order valence-corrected chi connectivity index (χ0v) is 12.7. The maximum absolute atomic E-state index is 12.9. The zero-order valence-electron chi connectivity index (χ0n) is 11.9. The third kappa shape index (κ3) is 2.09. The highest BCUT2D eigenvalue weighted by Gasteiger charge is 2.39. The Morgan fingerprint density at radius 2 is 2.05 bits per heavy atom. The summed E-state index contributed by atoms with van der Waals surface area (Å²) in [6.45, 7) is 2.04. The Bertz CT molecular complexity index is 487. The van der Waals surface area contributed by atoms with Gasteiger partial charge in [0.05, 0.1) is 4.88 Å². The lowest BCUT2D eigenvalue weighted by molar-refractivity contribution is 0.0685. The summed E-state index contributed by atoms with van der Waals surface area (Å²) in [4.78, 5) is 17.6. The van der Waals surface area contributed by atoms with Crippen molar-refractivity contribution < 1.29 is 4.79 Å². The van der Waals surface area contributed by atoms with E-state index in [9.17, 15) is 4.79 Å². The van der Waals surface area contributed by atoms with Crippen LogP contribution in [0.5, 0.6) is 0 Å². The highest BCUT2D eigenvalue weighted by molar-refractivity contribution is 7.14. The number of fused-ring (bicyclic) bond motifs is 3. The fraction of sp³-hybridized carbons (Fsp3) is 0.688. The number of hydrogen-bond acceptors (Lipinski definition) is 3. The highest BCUT2D eigenvalue weighted by Crippen LogP contribution is 2.34. The predicted octanol–water partition coefficient (Wildman–Crippen LogP) is 2.59. The molecular weight excluding hydrogens is 268 g/mol. The average Bonchev–Trinajstić information content (AvgIpc) is 2.98. The minimum absolute atomic E-state index is 0.306. The quantitative estimate of drug-likeness (QED) is 0.862. The van der Waals surface area contributed by atoms with Gasteiger partial charge in [0.1, 0.15) is 0 Å². The molecule has 1 N–H and O–H groups in total. The molecule has 2 saturated heterocycles. The Morgan fingerprint density at radius 3 is 2.95 bits per heavy atom. The Balaban J connectivity index is 1.61. The van der Waals surface area contributed by atoms with Gasteiger partial charge in [0.15, 0.2) is 0 Å². The molecule has 1 aromatic rings. The van der Waals surface area contributed by atoms with Crippen LogP contribution in [0.15, 0.2) is 6.07 Å². The number of hydrogen-bond donors (Lipinski definition) is 1. The largest absolute Gasteiger partial charge is 0.331 e. The van der Waals surface area contributed by atoms with Crippen LogP contribution in [0.3, 0.4) is 0 Å². The van der Waals surface area contributed by atoms with E-state index < -0.39 is 0 Å². The number of aryl methyl sites for hydroxylation is 2. The molecule has 1 amide bonds. The Labute approximate surface area is 124 Å². The maximum Gasteiger partial charge on any atom is 0.264 e. The van der Waals surface area contributed by atoms with Crippen LogP contribution in [-0.4, -0.2) is 36.0 Å². The van der Waals surface area contributed by atoms with Gasteiger partial charge in [-0.05, 0) is 63.1 Å². The van der Waals surface area contributed by atoms with Crippen LogP contribution in [0.1, 0.15) is 52.2 Å². The molecule has 4 rings (SSSR count). The number of rotatable bonds is 1. The van der Waals surface area contributed by atoms with Crippen LogP contribution in [0.2, 0.25) is 0 Å². The molecule has 2 unspecified atom stereocenters. The van der Waals surface area contributed by atoms with E-state index in [1.54, 1.807) is 11.3 Å². The minimum atomic E-state index is 0.306. The number of amides is 1. The van der Waals surface area contributed by atoms with Crippen LogP contribution in [0, 0.1) is 0 Å². The number of nitrogens with zero attached hydrogens (tertiary/aromatic N) is 1. The van der Waals surface area contributed by atoms with Crippen LogP contribution < -0.4 is 5.32 Å². The van der Waals surface area contributed by atoms with Crippen molar-refractivity contribution in [3.63, 3.8) is 0 Å². The first-order valence-electron chi connectivity index (χ1n) is 7.98. The molecule has 0 radical (unpaired) electrons. The van der Waals surface area contributed by atoms with Crippen molar-refractivity contribution in [2.75, 3.05) is 13.1 Å². The predicted molar refractivity (Wildman–Crippen MR) is 81.4 cm³/mol. The second kappa shape index (κ2) is 5.15. The summed E-state index contributed by atoms with van der Waals surface area (Å²) in [5.74, 6) is 0.306. The van der Waals surface area contributed by atoms with Gasteiger partial charge in [-0.3, -0.25) is 4.79 Å². The highest BCUT2D eigenvalue weighted by atomic mass is 32.1. The average molecular weight is 290 g/mol. The summed E-state index contributed by atoms with van der Waals surface area (Å²) in [5.41, 5.74) is 1.45. The molecule has 20 heavy (non-hydrogen) atoms. The molecule has 3 nitrogen and oxygen atoms in total. The van der Waals surface area contributed by atoms with E-state index in [1.807, 2.05) is 0 Å². The summed E-state index contributed by atoms with van der Waals surface area (Å²) in [6.07, 6.45) is 8.43. The number of nitrogens with one attached hydrogen (secondary N) is 1. The molecule has 1 aliphatic carbocycles. The lowest BCUT2D eigenvalue weighted by atomic mass is 9.99. The van der Waals surface area contributed by atoms with Crippen molar-refractivity contribution >= 4 is 17.2 Å². The van der Waals surface area contributed by atoms with Gasteiger partial charge in [0.2, 0.25) is 0 Å². The molecule has 3 heterocycles. The second-order valence-electron chi connectivity index (χ2n) is 6.36. The maximum atomic E-state index is 12.9. The SMILES string of the molecule is O=C(c1cc2c(s1)CCCC2)N1C2CCNCC1CC2. The van der Waals surface area contributed by atoms with Crippen molar-refractivity contribution in [2.45, 2.75) is 57.0 Å². The normalized spacial score (nSPS) is 29.1. The van der Waals surface area contributed by atoms with Gasteiger partial charge in [-0.25, -0.2) is 0 Å². The topological polar surface area (TPSA) is 32.3 Å². The number of carbonyl (C=O) groups is 1. The van der Waals surface area contributed by atoms with Crippen molar-refractivity contribution in [1.82, 2.24) is 10.2 Å². The summed E-state index contributed by atoms with van der Waals surface area (Å²) in [7, 11) is 0. The van der Waals surface area contributed by atoms with Crippen LogP contribution in [-0.2, 0) is 12.8 Å². The monoisotopic (exact) mass is 290 g/mol. The van der Waals surface area contributed by atoms with E-state index in [0.29, 0.717) is 18.0 Å². The molecule has 0 spiro atoms. The first-order chi connectivity index (χ1) is 9.83. The summed E-state index contributed by atoms with van der Waals surface area (Å²) < 4.78 is 0. The molecule has 4 heteroatoms. The van der Waals surface area contributed by atoms with Gasteiger partial charge in [0.25, 0.3) is 5.91 Å². The molecular formula is C16H22N2OS. The lowest BCUT2D eigenvalue weighted by Crippen LogP contribution is -2.42. The fourth-order valence-corrected chi connectivity index (χ4v) is 5.24. The molecule has 0 aromatic carbocycles. The Hall–Kier alpha value is -0.870. The number of carbonyl (C=O) groups excluding carboxylic acids is 1. The zero-order chi connectivity index (χ0) is 13.5. The molecule has 1 aromatic heterocycles. The van der Waals surface area contributed by atoms with Gasteiger partial charge in [0, 0.05) is 23.5 Å². The van der Waals surface area contributed by atoms with E-state index >= 15 is 0 Å². The van der Waals surface area contributed by atoms with E-state index in [-0.39, 0.29) is 0 Å². The van der Waals surface area contributed by atoms with Gasteiger partial charge >= 0.3 is 0 Å². The Kier molecular flexibility index (Phi) is 3.31. The van der Waals surface area contributed by atoms with Gasteiger partial charge in [-0.2, -0.15) is 0 Å². The molecule has 2 atom stereocenters. The summed E-state index contributed by atoms with van der Waals surface area (Å²) in [5, 5.41) is 3.47. The smallest absolute Gasteiger partial charge is 0.264 e. The van der Waals surface area contributed by atoms with Gasteiger partial charge in [-0.15, -0.1) is 11.3 Å². The fourth-order valence-electron chi connectivity index (χ4n) is 4.04. The molecule has 0 saturated carbocycles. The van der Waals surface area contributed by atoms with Crippen molar-refractivity contribution in [2.24, 2.45) is 0 Å². The summed E-state index contributed by atoms with van der Waals surface area (Å²) in [6, 6.07) is 3.09. The van der Waals surface area contributed by atoms with Crippen LogP contribution in [0.4, 0.5) is 0 Å². The second-order valence-corrected chi connectivity index (χ2v) is 7.49. The minimum Gasteiger partial charge on any atom is -0.331 e. The van der Waals surface area contributed by atoms with Gasteiger partial charge in [-0.1, -0.05) is 0 Å². The molecule has 2 fully saturated rings. The lowest BCUT2D eigenvalue weighted by Gasteiger charge is -2.27. The van der Waals surface area contributed by atoms with Crippen molar-refractivity contribution in [1.29, 1.82) is 0 Å². The van der Waals surface area contributed by atoms with Crippen molar-refractivity contribution in [3.8, 4) is 0 Å². The standard InChI is InChI=1S/C16H22N2OS/c19-16(15-9-11-3-1-2-4-14(11)20-15)18-12-5-6-13(18)10-17-8-7-12/h9,12-13,17H,1-8,10H2. The van der Waals surface area contributed by atoms with Crippen molar-refractivity contribution in [3.05, 3.63) is 21.4 Å². The van der Waals surface area contributed by atoms with E-state index in [2.05, 4.69) is 16.3 Å². The van der Waals surface area contributed by atoms with E-state index in [0.717, 1.165) is 24.4 Å². The third-order valence-corrected chi connectivity index (χ3v) is 6.32. The number of thiophene rings is 1. The molecule has 2 aliphatic heterocycles. The summed E-state index contributed by atoms with van der Waals surface area (Å²) >= 11 is 1.76. The van der Waals surface area contributed by atoms with Gasteiger partial charge < -0.3 is 10.2 Å². The first-order valence-corrected chi connectivity index (χ1v) is 8.79. The molecule has 108 valence electrons. The Morgan fingerprint density at radius 1 is 1.20 bits per heavy atom. The molecule has 2 bridgehead atoms. The molecule has 3 aliphatic rings. The van der Waals surface area contributed by atoms with Crippen LogP contribution >= 0.6 is 11.3 Å². The third-order valence-electron chi connectivity index (χ3n) is 5.10.